The first kappa shape index (κ1) is 18.6. The lowest BCUT2D eigenvalue weighted by Crippen LogP contribution is -2.35. The number of rotatable bonds is 8. The Labute approximate surface area is 148 Å². The molecular weight excluding hydrogens is 324 g/mol. The molecule has 0 aliphatic rings. The van der Waals surface area contributed by atoms with Crippen molar-refractivity contribution in [2.45, 2.75) is 25.9 Å². The van der Waals surface area contributed by atoms with Crippen LogP contribution in [0, 0.1) is 0 Å². The highest BCUT2D eigenvalue weighted by Crippen LogP contribution is 2.15. The first-order chi connectivity index (χ1) is 11.5. The second kappa shape index (κ2) is 8.97. The van der Waals surface area contributed by atoms with Crippen LogP contribution in [0.4, 0.5) is 0 Å². The van der Waals surface area contributed by atoms with E-state index in [9.17, 15) is 4.79 Å². The van der Waals surface area contributed by atoms with Crippen LogP contribution in [0.5, 0.6) is 0 Å². The minimum atomic E-state index is -0.196. The van der Waals surface area contributed by atoms with Crippen LogP contribution in [0.3, 0.4) is 0 Å². The van der Waals surface area contributed by atoms with Crippen molar-refractivity contribution < 1.29 is 0 Å². The van der Waals surface area contributed by atoms with Crippen molar-refractivity contribution in [2.75, 3.05) is 27.2 Å². The maximum atomic E-state index is 12.6. The van der Waals surface area contributed by atoms with Gasteiger partial charge in [-0.2, -0.15) is 0 Å². The zero-order valence-corrected chi connectivity index (χ0v) is 15.3. The monoisotopic (exact) mass is 348 g/mol. The summed E-state index contributed by atoms with van der Waals surface area (Å²) in [5, 5.41) is 3.63. The van der Waals surface area contributed by atoms with Crippen molar-refractivity contribution in [3.8, 4) is 0 Å². The second-order valence-corrected chi connectivity index (χ2v) is 6.47. The zero-order chi connectivity index (χ0) is 17.5. The van der Waals surface area contributed by atoms with Gasteiger partial charge in [0.1, 0.15) is 10.8 Å². The van der Waals surface area contributed by atoms with Crippen LogP contribution in [-0.2, 0) is 6.54 Å². The molecule has 0 fully saturated rings. The number of benzene rings is 1. The highest BCUT2D eigenvalue weighted by atomic mass is 35.5. The van der Waals surface area contributed by atoms with Gasteiger partial charge >= 0.3 is 0 Å². The molecule has 0 aliphatic carbocycles. The predicted octanol–water partition coefficient (Wildman–Crippen LogP) is 2.55. The lowest BCUT2D eigenvalue weighted by Gasteiger charge is -2.22. The highest BCUT2D eigenvalue weighted by molar-refractivity contribution is 6.30. The Bertz CT molecular complexity index is 700. The standard InChI is InChI=1S/C18H25ClN4O/c1-4-16(20-10-11-22(2)3)17-21-12-15(19)18(24)23(17)13-14-8-6-5-7-9-14/h5-9,12,16,20H,4,10-11,13H2,1-3H3. The van der Waals surface area contributed by atoms with Gasteiger partial charge in [0, 0.05) is 13.1 Å². The summed E-state index contributed by atoms with van der Waals surface area (Å²) < 4.78 is 1.68. The van der Waals surface area contributed by atoms with Gasteiger partial charge in [0.2, 0.25) is 0 Å². The summed E-state index contributed by atoms with van der Waals surface area (Å²) in [6, 6.07) is 9.89. The van der Waals surface area contributed by atoms with Gasteiger partial charge in [-0.3, -0.25) is 9.36 Å². The van der Waals surface area contributed by atoms with Gasteiger partial charge in [-0.15, -0.1) is 0 Å². The largest absolute Gasteiger partial charge is 0.308 e. The van der Waals surface area contributed by atoms with E-state index in [1.54, 1.807) is 4.57 Å². The lowest BCUT2D eigenvalue weighted by atomic mass is 10.1. The fourth-order valence-corrected chi connectivity index (χ4v) is 2.71. The maximum Gasteiger partial charge on any atom is 0.272 e. The molecule has 24 heavy (non-hydrogen) atoms. The average molecular weight is 349 g/mol. The molecule has 1 atom stereocenters. The minimum absolute atomic E-state index is 0.0126. The van der Waals surface area contributed by atoms with Gasteiger partial charge < -0.3 is 10.2 Å². The van der Waals surface area contributed by atoms with Gasteiger partial charge in [-0.05, 0) is 26.1 Å². The van der Waals surface area contributed by atoms with Gasteiger partial charge in [-0.1, -0.05) is 48.9 Å². The summed E-state index contributed by atoms with van der Waals surface area (Å²) in [4.78, 5) is 19.1. The topological polar surface area (TPSA) is 50.2 Å². The Balaban J connectivity index is 2.30. The number of hydrogen-bond acceptors (Lipinski definition) is 4. The van der Waals surface area contributed by atoms with E-state index in [2.05, 4.69) is 22.1 Å². The third kappa shape index (κ3) is 4.90. The van der Waals surface area contributed by atoms with Crippen LogP contribution in [-0.4, -0.2) is 41.6 Å². The van der Waals surface area contributed by atoms with Crippen LogP contribution in [0.25, 0.3) is 0 Å². The number of nitrogens with zero attached hydrogens (tertiary/aromatic N) is 3. The van der Waals surface area contributed by atoms with E-state index in [0.717, 1.165) is 30.9 Å². The van der Waals surface area contributed by atoms with E-state index in [-0.39, 0.29) is 16.6 Å². The summed E-state index contributed by atoms with van der Waals surface area (Å²) in [7, 11) is 4.07. The molecule has 6 heteroatoms. The van der Waals surface area contributed by atoms with Gasteiger partial charge in [0.15, 0.2) is 0 Å². The SMILES string of the molecule is CCC(NCCN(C)C)c1ncc(Cl)c(=O)n1Cc1ccccc1. The molecule has 0 spiro atoms. The molecule has 0 bridgehead atoms. The molecule has 2 rings (SSSR count). The first-order valence-corrected chi connectivity index (χ1v) is 8.58. The van der Waals surface area contributed by atoms with Gasteiger partial charge in [0.05, 0.1) is 18.8 Å². The number of likely N-dealkylation sites (N-methyl/N-ethyl adjacent to an activating group) is 1. The van der Waals surface area contributed by atoms with Crippen LogP contribution in [0.1, 0.15) is 30.8 Å². The Kier molecular flexibility index (Phi) is 6.97. The molecule has 1 unspecified atom stereocenters. The molecule has 1 N–H and O–H groups in total. The van der Waals surface area contributed by atoms with Crippen molar-refractivity contribution in [3.63, 3.8) is 0 Å². The van der Waals surface area contributed by atoms with Crippen LogP contribution in [0.15, 0.2) is 41.3 Å². The Morgan fingerprint density at radius 2 is 2.00 bits per heavy atom. The smallest absolute Gasteiger partial charge is 0.272 e. The van der Waals surface area contributed by atoms with E-state index in [1.807, 2.05) is 44.4 Å². The molecule has 1 aromatic carbocycles. The molecule has 130 valence electrons. The quantitative estimate of drug-likeness (QED) is 0.796. The second-order valence-electron chi connectivity index (χ2n) is 6.06. The molecule has 0 radical (unpaired) electrons. The summed E-state index contributed by atoms with van der Waals surface area (Å²) >= 11 is 6.02. The molecule has 2 aromatic rings. The summed E-state index contributed by atoms with van der Waals surface area (Å²) in [6.45, 7) is 4.30. The van der Waals surface area contributed by atoms with E-state index in [1.165, 1.54) is 6.20 Å². The fourth-order valence-electron chi connectivity index (χ4n) is 2.56. The maximum absolute atomic E-state index is 12.6. The van der Waals surface area contributed by atoms with E-state index in [0.29, 0.717) is 6.54 Å². The van der Waals surface area contributed by atoms with Crippen molar-refractivity contribution in [3.05, 3.63) is 63.3 Å². The van der Waals surface area contributed by atoms with Crippen molar-refractivity contribution in [1.82, 2.24) is 19.8 Å². The van der Waals surface area contributed by atoms with Gasteiger partial charge in [-0.25, -0.2) is 4.98 Å². The molecular formula is C18H25ClN4O. The van der Waals surface area contributed by atoms with E-state index >= 15 is 0 Å². The number of halogens is 1. The summed E-state index contributed by atoms with van der Waals surface area (Å²) in [5.41, 5.74) is 0.853. The molecule has 1 heterocycles. The molecule has 0 saturated heterocycles. The van der Waals surface area contributed by atoms with Crippen molar-refractivity contribution >= 4 is 11.6 Å². The normalized spacial score (nSPS) is 12.5. The van der Waals surface area contributed by atoms with Crippen molar-refractivity contribution in [1.29, 1.82) is 0 Å². The molecule has 0 amide bonds. The molecule has 0 saturated carbocycles. The first-order valence-electron chi connectivity index (χ1n) is 8.20. The molecule has 5 nitrogen and oxygen atoms in total. The lowest BCUT2D eigenvalue weighted by molar-refractivity contribution is 0.373. The summed E-state index contributed by atoms with van der Waals surface area (Å²) in [5.74, 6) is 0.731. The Morgan fingerprint density at radius 3 is 2.62 bits per heavy atom. The third-order valence-electron chi connectivity index (χ3n) is 3.89. The number of hydrogen-bond donors (Lipinski definition) is 1. The Hall–Kier alpha value is -1.69. The third-order valence-corrected chi connectivity index (χ3v) is 4.15. The predicted molar refractivity (Wildman–Crippen MR) is 98.6 cm³/mol. The molecule has 0 aliphatic heterocycles. The van der Waals surface area contributed by atoms with Crippen LogP contribution >= 0.6 is 11.6 Å². The highest BCUT2D eigenvalue weighted by Gasteiger charge is 2.17. The minimum Gasteiger partial charge on any atom is -0.308 e. The van der Waals surface area contributed by atoms with E-state index in [4.69, 9.17) is 11.6 Å². The molecule has 1 aromatic heterocycles. The van der Waals surface area contributed by atoms with E-state index < -0.39 is 0 Å². The number of aromatic nitrogens is 2. The fraction of sp³-hybridized carbons (Fsp3) is 0.444. The average Bonchev–Trinajstić information content (AvgIpc) is 2.57. The van der Waals surface area contributed by atoms with Crippen LogP contribution < -0.4 is 10.9 Å². The Morgan fingerprint density at radius 1 is 1.29 bits per heavy atom. The zero-order valence-electron chi connectivity index (χ0n) is 14.5. The van der Waals surface area contributed by atoms with Crippen molar-refractivity contribution in [2.24, 2.45) is 0 Å². The van der Waals surface area contributed by atoms with Gasteiger partial charge in [0.25, 0.3) is 5.56 Å². The number of nitrogens with one attached hydrogen (secondary N) is 1. The summed E-state index contributed by atoms with van der Waals surface area (Å²) in [6.07, 6.45) is 2.30. The van der Waals surface area contributed by atoms with Crippen LogP contribution in [0.2, 0.25) is 5.02 Å².